The van der Waals surface area contributed by atoms with Crippen LogP contribution in [0.3, 0.4) is 0 Å². The Kier molecular flexibility index (Phi) is 4.79. The van der Waals surface area contributed by atoms with Crippen molar-refractivity contribution in [1.82, 2.24) is 4.90 Å². The minimum Gasteiger partial charge on any atom is -0.507 e. The van der Waals surface area contributed by atoms with Gasteiger partial charge in [-0.2, -0.15) is 0 Å². The second kappa shape index (κ2) is 6.12. The Balaban J connectivity index is 2.79. The Bertz CT molecular complexity index is 353. The molecule has 0 heterocycles. The molecule has 0 spiro atoms. The molecule has 0 saturated carbocycles. The predicted molar refractivity (Wildman–Crippen MR) is 63.4 cm³/mol. The number of phenols is 1. The Morgan fingerprint density at radius 3 is 2.69 bits per heavy atom. The van der Waals surface area contributed by atoms with Gasteiger partial charge < -0.3 is 15.7 Å². The van der Waals surface area contributed by atoms with Crippen molar-refractivity contribution in [3.05, 3.63) is 29.8 Å². The maximum absolute atomic E-state index is 12.0. The minimum atomic E-state index is -0.144. The molecule has 0 aromatic heterocycles. The van der Waals surface area contributed by atoms with E-state index in [-0.39, 0.29) is 11.7 Å². The number of carbonyl (C=O) groups is 1. The number of rotatable bonds is 5. The lowest BCUT2D eigenvalue weighted by atomic mass is 10.1. The van der Waals surface area contributed by atoms with Crippen LogP contribution in [-0.4, -0.2) is 35.5 Å². The number of carbonyl (C=O) groups excluding carboxylic acids is 1. The number of para-hydroxylation sites is 1. The Morgan fingerprint density at radius 2 is 2.12 bits per heavy atom. The van der Waals surface area contributed by atoms with Gasteiger partial charge in [0, 0.05) is 13.1 Å². The normalized spacial score (nSPS) is 10.1. The first-order valence-electron chi connectivity index (χ1n) is 5.48. The van der Waals surface area contributed by atoms with Gasteiger partial charge in [-0.25, -0.2) is 0 Å². The summed E-state index contributed by atoms with van der Waals surface area (Å²) in [6, 6.07) is 6.58. The van der Waals surface area contributed by atoms with Gasteiger partial charge >= 0.3 is 0 Å². The van der Waals surface area contributed by atoms with Crippen molar-refractivity contribution >= 4 is 5.91 Å². The van der Waals surface area contributed by atoms with E-state index in [0.717, 1.165) is 6.42 Å². The van der Waals surface area contributed by atoms with Crippen LogP contribution in [0.1, 0.15) is 23.7 Å². The molecule has 3 N–H and O–H groups in total. The van der Waals surface area contributed by atoms with E-state index in [9.17, 15) is 9.90 Å². The summed E-state index contributed by atoms with van der Waals surface area (Å²) in [7, 11) is 0. The summed E-state index contributed by atoms with van der Waals surface area (Å²) in [4.78, 5) is 13.7. The van der Waals surface area contributed by atoms with Crippen LogP contribution in [0.5, 0.6) is 5.75 Å². The number of aromatic hydroxyl groups is 1. The van der Waals surface area contributed by atoms with E-state index in [1.54, 1.807) is 23.1 Å². The van der Waals surface area contributed by atoms with E-state index < -0.39 is 0 Å². The first kappa shape index (κ1) is 12.5. The average Bonchev–Trinajstić information content (AvgIpc) is 2.30. The zero-order valence-corrected chi connectivity index (χ0v) is 9.52. The molecule has 1 aromatic carbocycles. The predicted octanol–water partition coefficient (Wildman–Crippen LogP) is 1.20. The standard InChI is InChI=1S/C12H18N2O2/c1-2-14(9-5-8-13)12(16)10-6-3-4-7-11(10)15/h3-4,6-7,15H,2,5,8-9,13H2,1H3. The summed E-state index contributed by atoms with van der Waals surface area (Å²) in [6.07, 6.45) is 0.771. The van der Waals surface area contributed by atoms with Crippen molar-refractivity contribution < 1.29 is 9.90 Å². The fourth-order valence-electron chi connectivity index (χ4n) is 1.51. The van der Waals surface area contributed by atoms with Gasteiger partial charge in [0.2, 0.25) is 0 Å². The van der Waals surface area contributed by atoms with Crippen LogP contribution in [0.15, 0.2) is 24.3 Å². The van der Waals surface area contributed by atoms with E-state index in [1.165, 1.54) is 6.07 Å². The van der Waals surface area contributed by atoms with Gasteiger partial charge in [-0.15, -0.1) is 0 Å². The van der Waals surface area contributed by atoms with E-state index in [0.29, 0.717) is 25.2 Å². The summed E-state index contributed by atoms with van der Waals surface area (Å²) >= 11 is 0. The molecule has 0 saturated heterocycles. The van der Waals surface area contributed by atoms with Crippen molar-refractivity contribution in [2.75, 3.05) is 19.6 Å². The topological polar surface area (TPSA) is 66.6 Å². The highest BCUT2D eigenvalue weighted by Crippen LogP contribution is 2.17. The molecule has 1 amide bonds. The molecule has 0 bridgehead atoms. The van der Waals surface area contributed by atoms with E-state index in [2.05, 4.69) is 0 Å². The van der Waals surface area contributed by atoms with Crippen molar-refractivity contribution in [2.45, 2.75) is 13.3 Å². The fraction of sp³-hybridized carbons (Fsp3) is 0.417. The number of benzene rings is 1. The molecule has 4 nitrogen and oxygen atoms in total. The van der Waals surface area contributed by atoms with E-state index in [1.807, 2.05) is 6.92 Å². The zero-order chi connectivity index (χ0) is 12.0. The van der Waals surface area contributed by atoms with Crippen LogP contribution in [-0.2, 0) is 0 Å². The molecule has 0 aliphatic carbocycles. The van der Waals surface area contributed by atoms with Crippen molar-refractivity contribution in [3.63, 3.8) is 0 Å². The van der Waals surface area contributed by atoms with Gasteiger partial charge in [0.15, 0.2) is 0 Å². The second-order valence-electron chi connectivity index (χ2n) is 3.54. The van der Waals surface area contributed by atoms with Crippen molar-refractivity contribution in [1.29, 1.82) is 0 Å². The Morgan fingerprint density at radius 1 is 1.44 bits per heavy atom. The smallest absolute Gasteiger partial charge is 0.257 e. The van der Waals surface area contributed by atoms with Gasteiger partial charge in [-0.1, -0.05) is 12.1 Å². The van der Waals surface area contributed by atoms with Crippen LogP contribution in [0.25, 0.3) is 0 Å². The average molecular weight is 222 g/mol. The first-order chi connectivity index (χ1) is 7.70. The highest BCUT2D eigenvalue weighted by Gasteiger charge is 2.16. The number of nitrogens with zero attached hydrogens (tertiary/aromatic N) is 1. The number of hydrogen-bond acceptors (Lipinski definition) is 3. The molecule has 0 atom stereocenters. The summed E-state index contributed by atoms with van der Waals surface area (Å²) < 4.78 is 0. The summed E-state index contributed by atoms with van der Waals surface area (Å²) in [5, 5.41) is 9.58. The molecule has 0 unspecified atom stereocenters. The van der Waals surface area contributed by atoms with Crippen molar-refractivity contribution in [3.8, 4) is 5.75 Å². The fourth-order valence-corrected chi connectivity index (χ4v) is 1.51. The quantitative estimate of drug-likeness (QED) is 0.786. The van der Waals surface area contributed by atoms with E-state index >= 15 is 0 Å². The van der Waals surface area contributed by atoms with Gasteiger partial charge in [0.05, 0.1) is 5.56 Å². The third-order valence-electron chi connectivity index (χ3n) is 2.44. The Hall–Kier alpha value is -1.55. The molecule has 0 aliphatic heterocycles. The van der Waals surface area contributed by atoms with Gasteiger partial charge in [-0.05, 0) is 32.0 Å². The molecule has 16 heavy (non-hydrogen) atoms. The van der Waals surface area contributed by atoms with Gasteiger partial charge in [-0.3, -0.25) is 4.79 Å². The van der Waals surface area contributed by atoms with Crippen LogP contribution in [0.4, 0.5) is 0 Å². The molecule has 1 rings (SSSR count). The molecular weight excluding hydrogens is 204 g/mol. The van der Waals surface area contributed by atoms with Gasteiger partial charge in [0.1, 0.15) is 5.75 Å². The maximum atomic E-state index is 12.0. The summed E-state index contributed by atoms with van der Waals surface area (Å²) in [5.74, 6) is -0.118. The third kappa shape index (κ3) is 2.97. The highest BCUT2D eigenvalue weighted by molar-refractivity contribution is 5.96. The molecular formula is C12H18N2O2. The Labute approximate surface area is 95.7 Å². The SMILES string of the molecule is CCN(CCCN)C(=O)c1ccccc1O. The lowest BCUT2D eigenvalue weighted by molar-refractivity contribution is 0.0760. The monoisotopic (exact) mass is 222 g/mol. The number of phenolic OH excluding ortho intramolecular Hbond substituents is 1. The summed E-state index contributed by atoms with van der Waals surface area (Å²) in [6.45, 7) is 3.71. The molecule has 0 aliphatic rings. The number of amides is 1. The highest BCUT2D eigenvalue weighted by atomic mass is 16.3. The van der Waals surface area contributed by atoms with Crippen LogP contribution in [0, 0.1) is 0 Å². The molecule has 4 heteroatoms. The largest absolute Gasteiger partial charge is 0.507 e. The van der Waals surface area contributed by atoms with Crippen molar-refractivity contribution in [2.24, 2.45) is 5.73 Å². The lowest BCUT2D eigenvalue weighted by Crippen LogP contribution is -2.32. The lowest BCUT2D eigenvalue weighted by Gasteiger charge is -2.20. The minimum absolute atomic E-state index is 0.0266. The molecule has 0 radical (unpaired) electrons. The maximum Gasteiger partial charge on any atom is 0.257 e. The summed E-state index contributed by atoms with van der Waals surface area (Å²) in [5.41, 5.74) is 5.76. The molecule has 88 valence electrons. The van der Waals surface area contributed by atoms with E-state index in [4.69, 9.17) is 5.73 Å². The third-order valence-corrected chi connectivity index (χ3v) is 2.44. The number of nitrogens with two attached hydrogens (primary N) is 1. The number of hydrogen-bond donors (Lipinski definition) is 2. The molecule has 0 fully saturated rings. The van der Waals surface area contributed by atoms with Crippen LogP contribution < -0.4 is 5.73 Å². The van der Waals surface area contributed by atoms with Gasteiger partial charge in [0.25, 0.3) is 5.91 Å². The zero-order valence-electron chi connectivity index (χ0n) is 9.52. The first-order valence-corrected chi connectivity index (χ1v) is 5.48. The van der Waals surface area contributed by atoms with Crippen LogP contribution >= 0.6 is 0 Å². The van der Waals surface area contributed by atoms with Crippen LogP contribution in [0.2, 0.25) is 0 Å². The molecule has 1 aromatic rings. The second-order valence-corrected chi connectivity index (χ2v) is 3.54.